The minimum absolute atomic E-state index is 0.503. The molecule has 2 aromatic heterocycles. The van der Waals surface area contributed by atoms with Gasteiger partial charge in [-0.2, -0.15) is 5.10 Å². The second-order valence-corrected chi connectivity index (χ2v) is 4.74. The van der Waals surface area contributed by atoms with Crippen LogP contribution in [-0.4, -0.2) is 19.3 Å². The van der Waals surface area contributed by atoms with Crippen molar-refractivity contribution in [1.29, 1.82) is 0 Å². The molecule has 5 nitrogen and oxygen atoms in total. The average Bonchev–Trinajstić information content (AvgIpc) is 2.86. The maximum absolute atomic E-state index is 6.08. The van der Waals surface area contributed by atoms with Crippen molar-refractivity contribution in [2.75, 3.05) is 5.73 Å². The van der Waals surface area contributed by atoms with Crippen LogP contribution in [0.5, 0.6) is 0 Å². The summed E-state index contributed by atoms with van der Waals surface area (Å²) in [4.78, 5) is 4.47. The third kappa shape index (κ3) is 1.69. The number of imidazole rings is 1. The summed E-state index contributed by atoms with van der Waals surface area (Å²) < 4.78 is 3.80. The lowest BCUT2D eigenvalue weighted by Crippen LogP contribution is -2.05. The molecule has 0 spiro atoms. The first-order chi connectivity index (χ1) is 9.11. The van der Waals surface area contributed by atoms with Gasteiger partial charge in [-0.3, -0.25) is 4.57 Å². The number of benzene rings is 1. The Morgan fingerprint density at radius 2 is 2.11 bits per heavy atom. The van der Waals surface area contributed by atoms with E-state index in [1.807, 2.05) is 28.4 Å². The standard InChI is InChI=1S/C14H17N5/c1-4-11-12-13(18(3)17-11)19(14(15)16-12)10-7-5-6-9(2)8-10/h5-8H,4H2,1-3H3,(H2,15,16). The number of hydrogen-bond acceptors (Lipinski definition) is 3. The van der Waals surface area contributed by atoms with Crippen LogP contribution in [0.2, 0.25) is 0 Å². The molecule has 5 heteroatoms. The van der Waals surface area contributed by atoms with E-state index in [2.05, 4.69) is 36.1 Å². The van der Waals surface area contributed by atoms with Gasteiger partial charge in [-0.1, -0.05) is 19.1 Å². The number of hydrogen-bond donors (Lipinski definition) is 1. The number of rotatable bonds is 2. The van der Waals surface area contributed by atoms with Crippen LogP contribution in [0.3, 0.4) is 0 Å². The summed E-state index contributed by atoms with van der Waals surface area (Å²) in [5.74, 6) is 0.503. The second-order valence-electron chi connectivity index (χ2n) is 4.74. The number of fused-ring (bicyclic) bond motifs is 1. The smallest absolute Gasteiger partial charge is 0.207 e. The van der Waals surface area contributed by atoms with E-state index in [0.29, 0.717) is 5.95 Å². The number of nitrogens with zero attached hydrogens (tertiary/aromatic N) is 4. The highest BCUT2D eigenvalue weighted by Gasteiger charge is 2.17. The van der Waals surface area contributed by atoms with Crippen LogP contribution in [0.25, 0.3) is 16.9 Å². The second kappa shape index (κ2) is 4.12. The number of aromatic nitrogens is 4. The van der Waals surface area contributed by atoms with Gasteiger partial charge in [-0.25, -0.2) is 9.67 Å². The Balaban J connectivity index is 2.35. The van der Waals surface area contributed by atoms with E-state index < -0.39 is 0 Å². The SMILES string of the molecule is CCc1nn(C)c2c1nc(N)n2-c1cccc(C)c1. The van der Waals surface area contributed by atoms with E-state index in [-0.39, 0.29) is 0 Å². The topological polar surface area (TPSA) is 61.7 Å². The molecule has 0 aliphatic carbocycles. The van der Waals surface area contributed by atoms with Gasteiger partial charge in [0.2, 0.25) is 5.95 Å². The summed E-state index contributed by atoms with van der Waals surface area (Å²) in [6, 6.07) is 8.21. The molecule has 2 heterocycles. The van der Waals surface area contributed by atoms with Gasteiger partial charge in [0.05, 0.1) is 11.4 Å². The molecule has 0 radical (unpaired) electrons. The van der Waals surface area contributed by atoms with Gasteiger partial charge in [0, 0.05) is 7.05 Å². The fourth-order valence-corrected chi connectivity index (χ4v) is 2.46. The first kappa shape index (κ1) is 11.8. The Labute approximate surface area is 111 Å². The van der Waals surface area contributed by atoms with Gasteiger partial charge in [0.1, 0.15) is 5.52 Å². The predicted octanol–water partition coefficient (Wildman–Crippen LogP) is 2.21. The Kier molecular flexibility index (Phi) is 2.55. The molecule has 3 aromatic rings. The van der Waals surface area contributed by atoms with Gasteiger partial charge in [0.25, 0.3) is 0 Å². The molecule has 98 valence electrons. The monoisotopic (exact) mass is 255 g/mol. The lowest BCUT2D eigenvalue weighted by Gasteiger charge is -2.07. The van der Waals surface area contributed by atoms with Gasteiger partial charge in [-0.05, 0) is 31.0 Å². The number of aryl methyl sites for hydroxylation is 3. The van der Waals surface area contributed by atoms with Crippen LogP contribution < -0.4 is 5.73 Å². The van der Waals surface area contributed by atoms with Crippen molar-refractivity contribution in [2.45, 2.75) is 20.3 Å². The maximum Gasteiger partial charge on any atom is 0.207 e. The highest BCUT2D eigenvalue weighted by Crippen LogP contribution is 2.25. The maximum atomic E-state index is 6.08. The fraction of sp³-hybridized carbons (Fsp3) is 0.286. The molecule has 0 aliphatic rings. The first-order valence-electron chi connectivity index (χ1n) is 6.38. The Morgan fingerprint density at radius 3 is 2.79 bits per heavy atom. The molecule has 2 N–H and O–H groups in total. The third-order valence-electron chi connectivity index (χ3n) is 3.32. The van der Waals surface area contributed by atoms with Gasteiger partial charge >= 0.3 is 0 Å². The highest BCUT2D eigenvalue weighted by atomic mass is 15.3. The van der Waals surface area contributed by atoms with Crippen LogP contribution in [0, 0.1) is 6.92 Å². The molecule has 3 rings (SSSR count). The average molecular weight is 255 g/mol. The molecule has 0 fully saturated rings. The molecule has 0 saturated carbocycles. The molecular formula is C14H17N5. The van der Waals surface area contributed by atoms with Crippen molar-refractivity contribution in [3.05, 3.63) is 35.5 Å². The number of nitrogens with two attached hydrogens (primary N) is 1. The van der Waals surface area contributed by atoms with Crippen molar-refractivity contribution in [1.82, 2.24) is 19.3 Å². The van der Waals surface area contributed by atoms with Gasteiger partial charge in [-0.15, -0.1) is 0 Å². The Hall–Kier alpha value is -2.30. The van der Waals surface area contributed by atoms with Gasteiger partial charge in [0.15, 0.2) is 5.65 Å². The van der Waals surface area contributed by atoms with Crippen LogP contribution in [0.1, 0.15) is 18.2 Å². The van der Waals surface area contributed by atoms with Crippen molar-refractivity contribution >= 4 is 17.1 Å². The van der Waals surface area contributed by atoms with E-state index in [0.717, 1.165) is 29.0 Å². The summed E-state index contributed by atoms with van der Waals surface area (Å²) in [6.45, 7) is 4.14. The summed E-state index contributed by atoms with van der Waals surface area (Å²) >= 11 is 0. The zero-order valence-corrected chi connectivity index (χ0v) is 11.4. The molecule has 0 saturated heterocycles. The minimum Gasteiger partial charge on any atom is -0.369 e. The quantitative estimate of drug-likeness (QED) is 0.763. The van der Waals surface area contributed by atoms with Crippen LogP contribution in [-0.2, 0) is 13.5 Å². The van der Waals surface area contributed by atoms with Crippen molar-refractivity contribution in [2.24, 2.45) is 7.05 Å². The number of anilines is 1. The van der Waals surface area contributed by atoms with E-state index in [4.69, 9.17) is 5.73 Å². The van der Waals surface area contributed by atoms with Gasteiger partial charge < -0.3 is 5.73 Å². The summed E-state index contributed by atoms with van der Waals surface area (Å²) in [7, 11) is 1.93. The van der Waals surface area contributed by atoms with Crippen LogP contribution in [0.4, 0.5) is 5.95 Å². The Morgan fingerprint density at radius 1 is 1.32 bits per heavy atom. The van der Waals surface area contributed by atoms with Crippen LogP contribution >= 0.6 is 0 Å². The van der Waals surface area contributed by atoms with E-state index >= 15 is 0 Å². The Bertz CT molecular complexity index is 751. The predicted molar refractivity (Wildman–Crippen MR) is 76.4 cm³/mol. The number of nitrogen functional groups attached to an aromatic ring is 1. The molecule has 0 atom stereocenters. The van der Waals surface area contributed by atoms with Crippen LogP contribution in [0.15, 0.2) is 24.3 Å². The zero-order chi connectivity index (χ0) is 13.6. The molecular weight excluding hydrogens is 238 g/mol. The summed E-state index contributed by atoms with van der Waals surface area (Å²) in [5.41, 5.74) is 11.1. The largest absolute Gasteiger partial charge is 0.369 e. The van der Waals surface area contributed by atoms with Crippen molar-refractivity contribution in [3.63, 3.8) is 0 Å². The lowest BCUT2D eigenvalue weighted by molar-refractivity contribution is 0.751. The molecule has 0 bridgehead atoms. The zero-order valence-electron chi connectivity index (χ0n) is 11.4. The molecule has 1 aromatic carbocycles. The summed E-state index contributed by atoms with van der Waals surface area (Å²) in [6.07, 6.45) is 0.849. The molecule has 19 heavy (non-hydrogen) atoms. The van der Waals surface area contributed by atoms with E-state index in [9.17, 15) is 0 Å². The van der Waals surface area contributed by atoms with E-state index in [1.54, 1.807) is 0 Å². The van der Waals surface area contributed by atoms with E-state index in [1.165, 1.54) is 5.56 Å². The lowest BCUT2D eigenvalue weighted by atomic mass is 10.2. The van der Waals surface area contributed by atoms with Crippen molar-refractivity contribution < 1.29 is 0 Å². The molecule has 0 aliphatic heterocycles. The third-order valence-corrected chi connectivity index (χ3v) is 3.32. The summed E-state index contributed by atoms with van der Waals surface area (Å²) in [5, 5.41) is 4.50. The highest BCUT2D eigenvalue weighted by molar-refractivity contribution is 5.80. The molecule has 0 amide bonds. The first-order valence-corrected chi connectivity index (χ1v) is 6.38. The normalized spacial score (nSPS) is 11.3. The minimum atomic E-state index is 0.503. The fourth-order valence-electron chi connectivity index (χ4n) is 2.46. The molecule has 0 unspecified atom stereocenters. The van der Waals surface area contributed by atoms with Crippen molar-refractivity contribution in [3.8, 4) is 5.69 Å².